The lowest BCUT2D eigenvalue weighted by Crippen LogP contribution is -2.43. The van der Waals surface area contributed by atoms with Gasteiger partial charge in [-0.25, -0.2) is 5.01 Å². The third-order valence-corrected chi connectivity index (χ3v) is 2.92. The van der Waals surface area contributed by atoms with Gasteiger partial charge in [0.25, 0.3) is 5.91 Å². The number of hydrazine groups is 1. The largest absolute Gasteiger partial charge is 0.285 e. The molecule has 3 nitrogen and oxygen atoms in total. The molecule has 0 unspecified atom stereocenters. The van der Waals surface area contributed by atoms with Crippen molar-refractivity contribution in [1.82, 2.24) is 10.4 Å². The van der Waals surface area contributed by atoms with Crippen LogP contribution in [0, 0.1) is 0 Å². The van der Waals surface area contributed by atoms with Crippen LogP contribution < -0.4 is 5.43 Å². The summed E-state index contributed by atoms with van der Waals surface area (Å²) in [6.45, 7) is 7.31. The second kappa shape index (κ2) is 3.59. The molecule has 1 amide bonds. The molecule has 86 valence electrons. The molecule has 0 saturated heterocycles. The van der Waals surface area contributed by atoms with Crippen molar-refractivity contribution in [1.29, 1.82) is 0 Å². The molecular weight excluding hydrogens is 200 g/mol. The molecule has 1 aromatic carbocycles. The fraction of sp³-hybridized carbons (Fsp3) is 0.462. The molecule has 1 aliphatic heterocycles. The first kappa shape index (κ1) is 11.1. The van der Waals surface area contributed by atoms with E-state index in [0.29, 0.717) is 0 Å². The van der Waals surface area contributed by atoms with E-state index in [1.807, 2.05) is 24.2 Å². The standard InChI is InChI=1S/C13H18N2O/c1-13(2,3)10-5-6-11-9(7-10)8-15(4)14-12(11)16/h5-7H,8H2,1-4H3,(H,14,16). The molecule has 2 rings (SSSR count). The number of hydrogen-bond acceptors (Lipinski definition) is 2. The highest BCUT2D eigenvalue weighted by atomic mass is 16.2. The van der Waals surface area contributed by atoms with Crippen LogP contribution in [0.4, 0.5) is 0 Å². The lowest BCUT2D eigenvalue weighted by molar-refractivity contribution is 0.0786. The van der Waals surface area contributed by atoms with Gasteiger partial charge < -0.3 is 0 Å². The second-order valence-electron chi connectivity index (χ2n) is 5.42. The Labute approximate surface area is 96.4 Å². The van der Waals surface area contributed by atoms with Crippen LogP contribution in [0.2, 0.25) is 0 Å². The fourth-order valence-electron chi connectivity index (χ4n) is 1.94. The molecular formula is C13H18N2O. The van der Waals surface area contributed by atoms with E-state index in [-0.39, 0.29) is 11.3 Å². The summed E-state index contributed by atoms with van der Waals surface area (Å²) in [5, 5.41) is 1.82. The molecule has 3 heteroatoms. The quantitative estimate of drug-likeness (QED) is 0.723. The minimum atomic E-state index is -0.00999. The number of rotatable bonds is 0. The first-order valence-electron chi connectivity index (χ1n) is 5.53. The Kier molecular flexibility index (Phi) is 2.50. The lowest BCUT2D eigenvalue weighted by atomic mass is 9.85. The number of amides is 1. The fourth-order valence-corrected chi connectivity index (χ4v) is 1.94. The van der Waals surface area contributed by atoms with E-state index < -0.39 is 0 Å². The van der Waals surface area contributed by atoms with Crippen molar-refractivity contribution in [2.75, 3.05) is 7.05 Å². The van der Waals surface area contributed by atoms with E-state index in [2.05, 4.69) is 32.3 Å². The Morgan fingerprint density at radius 2 is 2.00 bits per heavy atom. The number of nitrogens with one attached hydrogen (secondary N) is 1. The van der Waals surface area contributed by atoms with Crippen molar-refractivity contribution in [2.45, 2.75) is 32.7 Å². The van der Waals surface area contributed by atoms with E-state index in [9.17, 15) is 4.79 Å². The predicted octanol–water partition coefficient (Wildman–Crippen LogP) is 2.07. The Morgan fingerprint density at radius 1 is 1.31 bits per heavy atom. The molecule has 0 aromatic heterocycles. The molecule has 1 aromatic rings. The molecule has 0 aliphatic carbocycles. The van der Waals surface area contributed by atoms with Crippen molar-refractivity contribution in [3.8, 4) is 0 Å². The maximum atomic E-state index is 11.7. The number of nitrogens with zero attached hydrogens (tertiary/aromatic N) is 1. The Bertz CT molecular complexity index is 432. The van der Waals surface area contributed by atoms with Crippen LogP contribution in [0.15, 0.2) is 18.2 Å². The molecule has 0 fully saturated rings. The Hall–Kier alpha value is -1.35. The summed E-state index contributed by atoms with van der Waals surface area (Å²) in [5.41, 5.74) is 6.09. The van der Waals surface area contributed by atoms with Crippen molar-refractivity contribution in [3.05, 3.63) is 34.9 Å². The zero-order valence-electron chi connectivity index (χ0n) is 10.3. The molecule has 16 heavy (non-hydrogen) atoms. The molecule has 0 spiro atoms. The average Bonchev–Trinajstić information content (AvgIpc) is 2.15. The van der Waals surface area contributed by atoms with E-state index in [1.54, 1.807) is 0 Å². The highest BCUT2D eigenvalue weighted by molar-refractivity contribution is 5.96. The average molecular weight is 218 g/mol. The number of carbonyl (C=O) groups is 1. The van der Waals surface area contributed by atoms with Crippen LogP contribution in [-0.4, -0.2) is 18.0 Å². The van der Waals surface area contributed by atoms with Gasteiger partial charge in [0.2, 0.25) is 0 Å². The molecule has 0 atom stereocenters. The van der Waals surface area contributed by atoms with Crippen molar-refractivity contribution < 1.29 is 4.79 Å². The maximum Gasteiger partial charge on any atom is 0.265 e. The van der Waals surface area contributed by atoms with Crippen LogP contribution >= 0.6 is 0 Å². The van der Waals surface area contributed by atoms with Crippen LogP contribution in [0.5, 0.6) is 0 Å². The zero-order valence-corrected chi connectivity index (χ0v) is 10.3. The van der Waals surface area contributed by atoms with Gasteiger partial charge in [-0.05, 0) is 22.6 Å². The van der Waals surface area contributed by atoms with Crippen molar-refractivity contribution in [2.24, 2.45) is 0 Å². The van der Waals surface area contributed by atoms with Crippen LogP contribution in [0.3, 0.4) is 0 Å². The third kappa shape index (κ3) is 1.95. The topological polar surface area (TPSA) is 32.3 Å². The van der Waals surface area contributed by atoms with Crippen molar-refractivity contribution >= 4 is 5.91 Å². The van der Waals surface area contributed by atoms with Gasteiger partial charge in [-0.3, -0.25) is 10.2 Å². The van der Waals surface area contributed by atoms with Crippen LogP contribution in [-0.2, 0) is 12.0 Å². The van der Waals surface area contributed by atoms with Gasteiger partial charge in [-0.15, -0.1) is 0 Å². The summed E-state index contributed by atoms with van der Waals surface area (Å²) in [6, 6.07) is 6.12. The summed E-state index contributed by atoms with van der Waals surface area (Å²) in [6.07, 6.45) is 0. The van der Waals surface area contributed by atoms with E-state index in [4.69, 9.17) is 0 Å². The minimum Gasteiger partial charge on any atom is -0.285 e. The molecule has 0 saturated carbocycles. The number of fused-ring (bicyclic) bond motifs is 1. The smallest absolute Gasteiger partial charge is 0.265 e. The number of carbonyl (C=O) groups excluding carboxylic acids is 1. The summed E-state index contributed by atoms with van der Waals surface area (Å²) in [5.74, 6) is -0.00999. The lowest BCUT2D eigenvalue weighted by Gasteiger charge is -2.28. The minimum absolute atomic E-state index is 0.00999. The van der Waals surface area contributed by atoms with Gasteiger partial charge in [-0.1, -0.05) is 32.9 Å². The van der Waals surface area contributed by atoms with E-state index in [0.717, 1.165) is 17.7 Å². The Balaban J connectivity index is 2.46. The number of hydrogen-bond donors (Lipinski definition) is 1. The first-order valence-corrected chi connectivity index (χ1v) is 5.53. The highest BCUT2D eigenvalue weighted by Gasteiger charge is 2.22. The molecule has 1 N–H and O–H groups in total. The predicted molar refractivity (Wildman–Crippen MR) is 64.1 cm³/mol. The SMILES string of the molecule is CN1Cc2cc(C(C)(C)C)ccc2C(=O)N1. The molecule has 1 heterocycles. The Morgan fingerprint density at radius 3 is 2.62 bits per heavy atom. The summed E-state index contributed by atoms with van der Waals surface area (Å²) in [4.78, 5) is 11.7. The van der Waals surface area contributed by atoms with Gasteiger partial charge in [0.05, 0.1) is 0 Å². The normalized spacial score (nSPS) is 16.9. The van der Waals surface area contributed by atoms with E-state index >= 15 is 0 Å². The first-order chi connectivity index (χ1) is 7.38. The summed E-state index contributed by atoms with van der Waals surface area (Å²) >= 11 is 0. The van der Waals surface area contributed by atoms with Crippen molar-refractivity contribution in [3.63, 3.8) is 0 Å². The monoisotopic (exact) mass is 218 g/mol. The van der Waals surface area contributed by atoms with E-state index in [1.165, 1.54) is 5.56 Å². The molecule has 0 radical (unpaired) electrons. The third-order valence-electron chi connectivity index (χ3n) is 2.92. The van der Waals surface area contributed by atoms with Crippen LogP contribution in [0.25, 0.3) is 0 Å². The second-order valence-corrected chi connectivity index (χ2v) is 5.42. The highest BCUT2D eigenvalue weighted by Crippen LogP contribution is 2.26. The summed E-state index contributed by atoms with van der Waals surface area (Å²) < 4.78 is 0. The van der Waals surface area contributed by atoms with Gasteiger partial charge in [-0.2, -0.15) is 0 Å². The van der Waals surface area contributed by atoms with Gasteiger partial charge in [0.1, 0.15) is 0 Å². The molecule has 0 bridgehead atoms. The van der Waals surface area contributed by atoms with Gasteiger partial charge in [0.15, 0.2) is 0 Å². The van der Waals surface area contributed by atoms with Gasteiger partial charge in [0, 0.05) is 19.2 Å². The van der Waals surface area contributed by atoms with Gasteiger partial charge >= 0.3 is 0 Å². The zero-order chi connectivity index (χ0) is 11.9. The number of benzene rings is 1. The molecule has 1 aliphatic rings. The maximum absolute atomic E-state index is 11.7. The van der Waals surface area contributed by atoms with Crippen LogP contribution in [0.1, 0.15) is 42.3 Å². The summed E-state index contributed by atoms with van der Waals surface area (Å²) in [7, 11) is 1.88.